The molecule has 3 aromatic heterocycles. The Labute approximate surface area is 189 Å². The number of nitrogens with two attached hydrogens (primary N) is 2. The third-order valence-corrected chi connectivity index (χ3v) is 5.40. The predicted molar refractivity (Wildman–Crippen MR) is 123 cm³/mol. The van der Waals surface area contributed by atoms with Crippen LogP contribution in [-0.2, 0) is 0 Å². The van der Waals surface area contributed by atoms with Gasteiger partial charge in [0.05, 0.1) is 11.8 Å². The quantitative estimate of drug-likeness (QED) is 0.465. The number of hydrogen-bond donors (Lipinski definition) is 3. The van der Waals surface area contributed by atoms with Gasteiger partial charge in [-0.1, -0.05) is 6.07 Å². The largest absolute Gasteiger partial charge is 0.371 e. The molecule has 0 spiro atoms. The first-order valence-corrected chi connectivity index (χ1v) is 10.4. The molecule has 2 amide bonds. The summed E-state index contributed by atoms with van der Waals surface area (Å²) < 4.78 is 1.36. The fraction of sp³-hybridized carbons (Fsp3) is 0.286. The molecule has 0 bridgehead atoms. The van der Waals surface area contributed by atoms with Gasteiger partial charge in [0.15, 0.2) is 17.5 Å². The zero-order valence-corrected chi connectivity index (χ0v) is 18.3. The number of azo groups is 1. The van der Waals surface area contributed by atoms with E-state index in [-0.39, 0.29) is 11.4 Å². The average Bonchev–Trinajstić information content (AvgIpc) is 3.48. The summed E-state index contributed by atoms with van der Waals surface area (Å²) >= 11 is 0. The van der Waals surface area contributed by atoms with E-state index in [0.717, 1.165) is 25.9 Å². The van der Waals surface area contributed by atoms with Gasteiger partial charge in [0, 0.05) is 26.3 Å². The molecule has 4 heterocycles. The summed E-state index contributed by atoms with van der Waals surface area (Å²) in [4.78, 5) is 35.2. The van der Waals surface area contributed by atoms with Gasteiger partial charge in [0.1, 0.15) is 17.1 Å². The maximum atomic E-state index is 12.3. The lowest BCUT2D eigenvalue weighted by molar-refractivity contribution is 0.0992. The Morgan fingerprint density at radius 1 is 1.12 bits per heavy atom. The van der Waals surface area contributed by atoms with Crippen LogP contribution < -0.4 is 21.7 Å². The molecule has 12 nitrogen and oxygen atoms in total. The summed E-state index contributed by atoms with van der Waals surface area (Å²) in [5.41, 5.74) is 12.4. The molecule has 1 aliphatic heterocycles. The van der Waals surface area contributed by atoms with Crippen LogP contribution in [0.1, 0.15) is 39.1 Å². The van der Waals surface area contributed by atoms with Gasteiger partial charge in [0.2, 0.25) is 0 Å². The Bertz CT molecular complexity index is 1230. The Kier molecular flexibility index (Phi) is 5.98. The number of anilines is 2. The number of primary amides is 2. The second-order valence-corrected chi connectivity index (χ2v) is 7.49. The van der Waals surface area contributed by atoms with Crippen molar-refractivity contribution >= 4 is 35.0 Å². The minimum Gasteiger partial charge on any atom is -0.371 e. The van der Waals surface area contributed by atoms with Crippen molar-refractivity contribution in [1.29, 1.82) is 0 Å². The molecule has 0 aliphatic carbocycles. The van der Waals surface area contributed by atoms with E-state index < -0.39 is 11.8 Å². The molecule has 0 atom stereocenters. The van der Waals surface area contributed by atoms with Crippen LogP contribution in [0.5, 0.6) is 0 Å². The third kappa shape index (κ3) is 4.10. The minimum atomic E-state index is -0.711. The van der Waals surface area contributed by atoms with Crippen LogP contribution in [0.2, 0.25) is 0 Å². The Balaban J connectivity index is 1.85. The SMILES string of the molecule is CNc1nc(N2CCCC2)c(C(N)=O)c(C)c1/N=N/c1c(C(N)=O)cnn1-c1ccccn1. The lowest BCUT2D eigenvalue weighted by atomic mass is 10.1. The number of nitrogens with zero attached hydrogens (tertiary/aromatic N) is 7. The van der Waals surface area contributed by atoms with Crippen molar-refractivity contribution in [3.05, 3.63) is 47.3 Å². The van der Waals surface area contributed by atoms with Crippen LogP contribution in [0, 0.1) is 6.92 Å². The first-order valence-electron chi connectivity index (χ1n) is 10.4. The number of rotatable bonds is 7. The number of amides is 2. The summed E-state index contributed by atoms with van der Waals surface area (Å²) in [7, 11) is 1.70. The van der Waals surface area contributed by atoms with E-state index in [9.17, 15) is 9.59 Å². The number of aromatic nitrogens is 4. The van der Waals surface area contributed by atoms with Crippen LogP contribution in [-0.4, -0.2) is 51.7 Å². The molecule has 1 saturated heterocycles. The van der Waals surface area contributed by atoms with Crippen molar-refractivity contribution in [3.63, 3.8) is 0 Å². The van der Waals surface area contributed by atoms with Crippen LogP contribution in [0.15, 0.2) is 40.8 Å². The van der Waals surface area contributed by atoms with E-state index in [1.54, 1.807) is 38.4 Å². The van der Waals surface area contributed by atoms with Crippen LogP contribution in [0.4, 0.5) is 23.1 Å². The van der Waals surface area contributed by atoms with Gasteiger partial charge in [-0.25, -0.2) is 9.97 Å². The molecule has 3 aromatic rings. The van der Waals surface area contributed by atoms with Gasteiger partial charge in [-0.15, -0.1) is 10.2 Å². The zero-order valence-electron chi connectivity index (χ0n) is 18.3. The second-order valence-electron chi connectivity index (χ2n) is 7.49. The lowest BCUT2D eigenvalue weighted by Gasteiger charge is -2.22. The summed E-state index contributed by atoms with van der Waals surface area (Å²) in [5, 5.41) is 15.8. The number of nitrogens with one attached hydrogen (secondary N) is 1. The van der Waals surface area contributed by atoms with Crippen molar-refractivity contribution < 1.29 is 9.59 Å². The highest BCUT2D eigenvalue weighted by Gasteiger charge is 2.26. The molecule has 0 saturated carbocycles. The molecule has 170 valence electrons. The summed E-state index contributed by atoms with van der Waals surface area (Å²) in [6, 6.07) is 5.24. The number of hydrogen-bond acceptors (Lipinski definition) is 9. The molecule has 4 rings (SSSR count). The van der Waals surface area contributed by atoms with Crippen LogP contribution in [0.25, 0.3) is 5.82 Å². The third-order valence-electron chi connectivity index (χ3n) is 5.40. The predicted octanol–water partition coefficient (Wildman–Crippen LogP) is 2.23. The van der Waals surface area contributed by atoms with Crippen molar-refractivity contribution in [1.82, 2.24) is 19.7 Å². The molecule has 5 N–H and O–H groups in total. The van der Waals surface area contributed by atoms with E-state index in [0.29, 0.717) is 34.3 Å². The molecule has 0 aromatic carbocycles. The lowest BCUT2D eigenvalue weighted by Crippen LogP contribution is -2.25. The molecule has 33 heavy (non-hydrogen) atoms. The second kappa shape index (κ2) is 9.02. The number of pyridine rings is 2. The highest BCUT2D eigenvalue weighted by atomic mass is 16.1. The van der Waals surface area contributed by atoms with Crippen molar-refractivity contribution in [2.45, 2.75) is 19.8 Å². The van der Waals surface area contributed by atoms with E-state index in [1.807, 2.05) is 4.90 Å². The number of carbonyl (C=O) groups is 2. The molecular formula is C21H24N10O2. The van der Waals surface area contributed by atoms with E-state index in [2.05, 4.69) is 30.6 Å². The fourth-order valence-electron chi connectivity index (χ4n) is 3.78. The molecular weight excluding hydrogens is 424 g/mol. The van der Waals surface area contributed by atoms with Crippen molar-refractivity contribution in [2.75, 3.05) is 30.4 Å². The normalized spacial score (nSPS) is 13.6. The van der Waals surface area contributed by atoms with Gasteiger partial charge in [0.25, 0.3) is 11.8 Å². The van der Waals surface area contributed by atoms with Gasteiger partial charge in [-0.3, -0.25) is 9.59 Å². The average molecular weight is 448 g/mol. The monoisotopic (exact) mass is 448 g/mol. The minimum absolute atomic E-state index is 0.0739. The molecule has 12 heteroatoms. The van der Waals surface area contributed by atoms with E-state index >= 15 is 0 Å². The molecule has 1 aliphatic rings. The summed E-state index contributed by atoms with van der Waals surface area (Å²) in [6.45, 7) is 3.32. The van der Waals surface area contributed by atoms with Crippen LogP contribution in [0.3, 0.4) is 0 Å². The van der Waals surface area contributed by atoms with Gasteiger partial charge in [-0.2, -0.15) is 9.78 Å². The van der Waals surface area contributed by atoms with Crippen molar-refractivity contribution in [2.24, 2.45) is 21.7 Å². The van der Waals surface area contributed by atoms with Crippen molar-refractivity contribution in [3.8, 4) is 5.82 Å². The zero-order chi connectivity index (χ0) is 23.5. The Morgan fingerprint density at radius 3 is 2.48 bits per heavy atom. The maximum absolute atomic E-state index is 12.3. The van der Waals surface area contributed by atoms with E-state index in [1.165, 1.54) is 10.9 Å². The summed E-state index contributed by atoms with van der Waals surface area (Å²) in [6.07, 6.45) is 4.93. The molecule has 1 fully saturated rings. The number of carbonyl (C=O) groups excluding carboxylic acids is 2. The first-order chi connectivity index (χ1) is 15.9. The Hall–Kier alpha value is -4.35. The Morgan fingerprint density at radius 2 is 1.88 bits per heavy atom. The van der Waals surface area contributed by atoms with Gasteiger partial charge >= 0.3 is 0 Å². The first kappa shape index (κ1) is 21.9. The topological polar surface area (TPSA) is 170 Å². The summed E-state index contributed by atoms with van der Waals surface area (Å²) in [5.74, 6) is 0.177. The van der Waals surface area contributed by atoms with Gasteiger partial charge in [-0.05, 0) is 37.5 Å². The van der Waals surface area contributed by atoms with Crippen LogP contribution >= 0.6 is 0 Å². The van der Waals surface area contributed by atoms with E-state index in [4.69, 9.17) is 11.5 Å². The fourth-order valence-corrected chi connectivity index (χ4v) is 3.78. The molecule has 0 unspecified atom stereocenters. The highest BCUT2D eigenvalue weighted by Crippen LogP contribution is 2.37. The smallest absolute Gasteiger partial charge is 0.254 e. The molecule has 0 radical (unpaired) electrons. The maximum Gasteiger partial charge on any atom is 0.254 e. The van der Waals surface area contributed by atoms with Gasteiger partial charge < -0.3 is 21.7 Å². The highest BCUT2D eigenvalue weighted by molar-refractivity contribution is 6.01. The standard InChI is InChI=1S/C21H24N10O2/c1-12-15(18(23)33)21(30-9-5-6-10-30)27-19(24-2)16(12)28-29-20-13(17(22)32)11-26-31(20)14-7-3-4-8-25-14/h3-4,7-8,11H,5-6,9-10H2,1-2H3,(H2,22,32)(H2,23,33)(H,24,27)/b29-28+.